The number of piperidine rings is 2. The van der Waals surface area contributed by atoms with Gasteiger partial charge in [0.15, 0.2) is 11.6 Å². The molecule has 2 atom stereocenters. The maximum atomic E-state index is 11.2. The fourth-order valence-corrected chi connectivity index (χ4v) is 10.1. The molecule has 0 amide bonds. The molecule has 6 aromatic rings. The Labute approximate surface area is 372 Å². The van der Waals surface area contributed by atoms with Gasteiger partial charge in [0.05, 0.1) is 36.9 Å². The van der Waals surface area contributed by atoms with E-state index in [1.54, 1.807) is 59.8 Å². The average Bonchev–Trinajstić information content (AvgIpc) is 3.84. The molecule has 2 aliphatic heterocycles. The summed E-state index contributed by atoms with van der Waals surface area (Å²) >= 11 is 7.06. The summed E-state index contributed by atoms with van der Waals surface area (Å²) in [6.07, 6.45) is 10.0. The van der Waals surface area contributed by atoms with E-state index < -0.39 is 5.54 Å². The van der Waals surface area contributed by atoms with Gasteiger partial charge in [0.2, 0.25) is 5.95 Å². The smallest absolute Gasteiger partial charge is 0.245 e. The Kier molecular flexibility index (Phi) is 11.1. The number of benzene rings is 2. The zero-order valence-corrected chi connectivity index (χ0v) is 37.9. The summed E-state index contributed by atoms with van der Waals surface area (Å²) in [7, 11) is 4.00. The monoisotopic (exact) mass is 871 g/mol. The first kappa shape index (κ1) is 43.4. The molecule has 0 saturated carbocycles. The Morgan fingerprint density at radius 3 is 1.97 bits per heavy atom. The van der Waals surface area contributed by atoms with Crippen molar-refractivity contribution < 1.29 is 10.2 Å². The molecule has 8 rings (SSSR count). The van der Waals surface area contributed by atoms with E-state index in [0.29, 0.717) is 74.1 Å². The van der Waals surface area contributed by atoms with Crippen LogP contribution in [0, 0.1) is 11.3 Å². The Morgan fingerprint density at radius 2 is 1.37 bits per heavy atom. The highest BCUT2D eigenvalue weighted by molar-refractivity contribution is 6.32. The Balaban J connectivity index is 0.941. The number of aromatic amines is 1. The predicted molar refractivity (Wildman–Crippen MR) is 242 cm³/mol. The predicted octanol–water partition coefficient (Wildman–Crippen LogP) is 6.75. The molecule has 2 fully saturated rings. The van der Waals surface area contributed by atoms with Gasteiger partial charge in [0, 0.05) is 65.0 Å². The van der Waals surface area contributed by atoms with Gasteiger partial charge < -0.3 is 30.6 Å². The summed E-state index contributed by atoms with van der Waals surface area (Å²) < 4.78 is 1.79. The number of anilines is 2. The lowest BCUT2D eigenvalue weighted by molar-refractivity contribution is 0.127. The molecule has 2 aliphatic rings. The molecule has 6 heterocycles. The second-order valence-corrected chi connectivity index (χ2v) is 19.7. The molecule has 5 N–H and O–H groups in total. The number of nitriles is 1. The van der Waals surface area contributed by atoms with Crippen LogP contribution in [-0.4, -0.2) is 109 Å². The van der Waals surface area contributed by atoms with Gasteiger partial charge in [-0.15, -0.1) is 20.4 Å². The Morgan fingerprint density at radius 1 is 0.730 bits per heavy atom. The quantitative estimate of drug-likeness (QED) is 0.0962. The van der Waals surface area contributed by atoms with Gasteiger partial charge in [-0.1, -0.05) is 23.7 Å². The molecular formula is C45H54ClN15O2. The summed E-state index contributed by atoms with van der Waals surface area (Å²) in [6, 6.07) is 12.8. The van der Waals surface area contributed by atoms with E-state index in [1.165, 1.54) is 0 Å². The highest BCUT2D eigenvalue weighted by atomic mass is 35.5. The van der Waals surface area contributed by atoms with Gasteiger partial charge in [0.1, 0.15) is 34.1 Å². The fraction of sp³-hybridized carbons (Fsp3) is 0.444. The molecule has 0 spiro atoms. The Bertz CT molecular complexity index is 2650. The lowest BCUT2D eigenvalue weighted by Crippen LogP contribution is -2.64. The highest BCUT2D eigenvalue weighted by Crippen LogP contribution is 2.39. The van der Waals surface area contributed by atoms with Crippen molar-refractivity contribution in [2.45, 2.75) is 115 Å². The van der Waals surface area contributed by atoms with Crippen LogP contribution in [0.2, 0.25) is 5.15 Å². The van der Waals surface area contributed by atoms with Gasteiger partial charge in [-0.25, -0.2) is 9.97 Å². The number of aromatic hydroxyl groups is 2. The van der Waals surface area contributed by atoms with Crippen LogP contribution in [0.3, 0.4) is 0 Å². The minimum atomic E-state index is -0.439. The third-order valence-electron chi connectivity index (χ3n) is 12.3. The van der Waals surface area contributed by atoms with Crippen LogP contribution < -0.4 is 20.4 Å². The SMILES string of the molecule is CN(c1cnc(-c2ccc(-c3cnn(CC4(C)CC(N(C)c5ncc(-c6ccc(-c7cn[nH]c7C#N)cc6O)nn5)CC(C)(C)N4)c3Cl)cc2O)nn1)C1CC(C)(C)NC(C)(C)C1. The van der Waals surface area contributed by atoms with Crippen LogP contribution in [-0.2, 0) is 6.54 Å². The van der Waals surface area contributed by atoms with E-state index >= 15 is 0 Å². The van der Waals surface area contributed by atoms with Crippen LogP contribution in [0.1, 0.15) is 79.8 Å². The summed E-state index contributed by atoms with van der Waals surface area (Å²) in [6.45, 7) is 15.9. The minimum absolute atomic E-state index is 0.00886. The molecule has 4 aromatic heterocycles. The van der Waals surface area contributed by atoms with Crippen molar-refractivity contribution >= 4 is 23.4 Å². The maximum Gasteiger partial charge on any atom is 0.245 e. The van der Waals surface area contributed by atoms with Crippen molar-refractivity contribution in [3.8, 4) is 62.5 Å². The van der Waals surface area contributed by atoms with Crippen LogP contribution >= 0.6 is 11.6 Å². The normalized spacial score (nSPS) is 20.6. The van der Waals surface area contributed by atoms with E-state index in [-0.39, 0.29) is 40.2 Å². The van der Waals surface area contributed by atoms with Gasteiger partial charge in [0.25, 0.3) is 0 Å². The molecule has 63 heavy (non-hydrogen) atoms. The first-order valence-corrected chi connectivity index (χ1v) is 21.4. The zero-order valence-electron chi connectivity index (χ0n) is 37.1. The lowest BCUT2D eigenvalue weighted by atomic mass is 9.78. The summed E-state index contributed by atoms with van der Waals surface area (Å²) in [4.78, 5) is 13.5. The zero-order chi connectivity index (χ0) is 45.1. The fourth-order valence-electron chi connectivity index (χ4n) is 9.88. The van der Waals surface area contributed by atoms with Gasteiger partial charge >= 0.3 is 0 Å². The van der Waals surface area contributed by atoms with Crippen LogP contribution in [0.15, 0.2) is 61.2 Å². The van der Waals surface area contributed by atoms with Crippen molar-refractivity contribution in [2.75, 3.05) is 23.9 Å². The second-order valence-electron chi connectivity index (χ2n) is 19.3. The number of hydrogen-bond acceptors (Lipinski definition) is 15. The summed E-state index contributed by atoms with van der Waals surface area (Å²) in [5.74, 6) is 1.45. The van der Waals surface area contributed by atoms with Crippen LogP contribution in [0.25, 0.3) is 44.9 Å². The maximum absolute atomic E-state index is 11.2. The van der Waals surface area contributed by atoms with E-state index in [4.69, 9.17) is 16.7 Å². The van der Waals surface area contributed by atoms with Crippen molar-refractivity contribution in [3.63, 3.8) is 0 Å². The van der Waals surface area contributed by atoms with E-state index in [1.807, 2.05) is 25.1 Å². The van der Waals surface area contributed by atoms with Gasteiger partial charge in [-0.2, -0.15) is 15.5 Å². The van der Waals surface area contributed by atoms with E-state index in [9.17, 15) is 15.5 Å². The molecule has 328 valence electrons. The third-order valence-corrected chi connectivity index (χ3v) is 12.7. The first-order valence-electron chi connectivity index (χ1n) is 21.0. The molecule has 0 radical (unpaired) electrons. The molecular weight excluding hydrogens is 818 g/mol. The van der Waals surface area contributed by atoms with Crippen molar-refractivity contribution in [1.82, 2.24) is 61.0 Å². The number of H-pyrrole nitrogens is 1. The molecule has 2 aromatic carbocycles. The highest BCUT2D eigenvalue weighted by Gasteiger charge is 2.43. The standard InChI is InChI=1S/C45H54ClN15O2/c1-42(2)16-28(17-43(3,4)57-42)59(8)38-24-48-40(55-54-38)31-13-11-27(15-37(31)63)33-22-51-61(39(33)46)25-45(7)19-29(18-44(5,6)58-45)60(9)41-49-23-35(53-56-41)30-12-10-26(14-36(30)62)32-21-50-52-34(32)20-47/h10-15,21-24,28-29,57-58,62-63H,16-19,25H2,1-9H3,(H,50,52). The molecule has 18 heteroatoms. The van der Waals surface area contributed by atoms with Crippen molar-refractivity contribution in [3.05, 3.63) is 72.0 Å². The number of phenols is 2. The number of aromatic nitrogens is 10. The molecule has 0 aliphatic carbocycles. The number of phenolic OH excluding ortho intramolecular Hbond substituents is 2. The largest absolute Gasteiger partial charge is 0.507 e. The molecule has 0 bridgehead atoms. The minimum Gasteiger partial charge on any atom is -0.507 e. The number of nitrogens with one attached hydrogen (secondary N) is 3. The number of hydrogen-bond donors (Lipinski definition) is 5. The van der Waals surface area contributed by atoms with E-state index in [2.05, 4.69) is 111 Å². The van der Waals surface area contributed by atoms with Crippen LogP contribution in [0.5, 0.6) is 11.5 Å². The molecule has 17 nitrogen and oxygen atoms in total. The van der Waals surface area contributed by atoms with Gasteiger partial charge in [-0.05, 0) is 110 Å². The molecule has 2 saturated heterocycles. The van der Waals surface area contributed by atoms with E-state index in [0.717, 1.165) is 25.7 Å². The average molecular weight is 872 g/mol. The number of rotatable bonds is 10. The summed E-state index contributed by atoms with van der Waals surface area (Å²) in [5, 5.41) is 68.6. The van der Waals surface area contributed by atoms with Crippen molar-refractivity contribution in [2.24, 2.45) is 0 Å². The third kappa shape index (κ3) is 9.01. The van der Waals surface area contributed by atoms with Crippen molar-refractivity contribution in [1.29, 1.82) is 5.26 Å². The first-order chi connectivity index (χ1) is 29.7. The van der Waals surface area contributed by atoms with Gasteiger partial charge in [-0.3, -0.25) is 9.78 Å². The Hall–Kier alpha value is -6.22. The second kappa shape index (κ2) is 16.2. The van der Waals surface area contributed by atoms with Crippen LogP contribution in [0.4, 0.5) is 11.8 Å². The number of nitrogens with zero attached hydrogens (tertiary/aromatic N) is 12. The number of halogens is 1. The lowest BCUT2D eigenvalue weighted by Gasteiger charge is -2.50. The molecule has 2 unspecified atom stereocenters. The summed E-state index contributed by atoms with van der Waals surface area (Å²) in [5.41, 5.74) is 3.55. The topological polar surface area (TPSA) is 219 Å².